The van der Waals surface area contributed by atoms with Gasteiger partial charge in [0, 0.05) is 5.56 Å². The van der Waals surface area contributed by atoms with Gasteiger partial charge in [-0.2, -0.15) is 5.10 Å². The first-order chi connectivity index (χ1) is 12.2. The van der Waals surface area contributed by atoms with Crippen molar-refractivity contribution in [2.75, 3.05) is 7.11 Å². The van der Waals surface area contributed by atoms with E-state index in [1.807, 2.05) is 42.5 Å². The quantitative estimate of drug-likeness (QED) is 0.556. The largest absolute Gasteiger partial charge is 0.504 e. The number of rotatable bonds is 5. The number of phenolic OH excluding ortho intramolecular Hbond substituents is 1. The zero-order chi connectivity index (χ0) is 17.6. The molecule has 0 aliphatic heterocycles. The Morgan fingerprint density at radius 2 is 1.88 bits per heavy atom. The highest BCUT2D eigenvalue weighted by Crippen LogP contribution is 2.27. The average molecular weight is 334 g/mol. The number of nitrogens with zero attached hydrogens (tertiary/aromatic N) is 1. The van der Waals surface area contributed by atoms with E-state index in [1.165, 1.54) is 13.3 Å². The average Bonchev–Trinajstić information content (AvgIpc) is 2.63. The molecule has 5 heteroatoms. The zero-order valence-corrected chi connectivity index (χ0v) is 13.8. The van der Waals surface area contributed by atoms with Crippen molar-refractivity contribution in [3.63, 3.8) is 0 Å². The summed E-state index contributed by atoms with van der Waals surface area (Å²) in [5.74, 6) is 0.109. The Labute approximate surface area is 145 Å². The molecule has 3 aromatic rings. The molecule has 0 radical (unpaired) electrons. The smallest absolute Gasteiger partial charge is 0.244 e. The van der Waals surface area contributed by atoms with E-state index >= 15 is 0 Å². The van der Waals surface area contributed by atoms with Gasteiger partial charge in [0.1, 0.15) is 0 Å². The fraction of sp³-hybridized carbons (Fsp3) is 0.100. The van der Waals surface area contributed by atoms with Crippen LogP contribution in [0, 0.1) is 0 Å². The molecule has 0 heterocycles. The fourth-order valence-corrected chi connectivity index (χ4v) is 2.64. The predicted molar refractivity (Wildman–Crippen MR) is 98.0 cm³/mol. The molecule has 0 saturated carbocycles. The van der Waals surface area contributed by atoms with Gasteiger partial charge >= 0.3 is 0 Å². The number of fused-ring (bicyclic) bond motifs is 1. The summed E-state index contributed by atoms with van der Waals surface area (Å²) in [6.45, 7) is 0. The molecule has 126 valence electrons. The molecule has 0 unspecified atom stereocenters. The van der Waals surface area contributed by atoms with Crippen LogP contribution in [-0.2, 0) is 11.2 Å². The lowest BCUT2D eigenvalue weighted by Crippen LogP contribution is -2.19. The van der Waals surface area contributed by atoms with Gasteiger partial charge in [-0.05, 0) is 28.5 Å². The van der Waals surface area contributed by atoms with E-state index in [9.17, 15) is 9.90 Å². The van der Waals surface area contributed by atoms with Crippen LogP contribution in [0.2, 0.25) is 0 Å². The lowest BCUT2D eigenvalue weighted by Gasteiger charge is -2.06. The van der Waals surface area contributed by atoms with Gasteiger partial charge in [0.15, 0.2) is 11.5 Å². The van der Waals surface area contributed by atoms with Gasteiger partial charge < -0.3 is 9.84 Å². The molecule has 0 bridgehead atoms. The number of phenols is 1. The number of amides is 1. The molecule has 3 aromatic carbocycles. The molecule has 5 nitrogen and oxygen atoms in total. The number of ether oxygens (including phenoxy) is 1. The van der Waals surface area contributed by atoms with Crippen molar-refractivity contribution >= 4 is 22.9 Å². The molecule has 0 fully saturated rings. The van der Waals surface area contributed by atoms with Crippen LogP contribution in [0.25, 0.3) is 10.8 Å². The minimum absolute atomic E-state index is 0.0166. The number of hydrogen-bond donors (Lipinski definition) is 2. The Hall–Kier alpha value is -3.34. The molecule has 0 aliphatic rings. The second-order valence-electron chi connectivity index (χ2n) is 5.51. The number of nitrogens with one attached hydrogen (secondary N) is 1. The van der Waals surface area contributed by atoms with E-state index in [1.54, 1.807) is 18.2 Å². The van der Waals surface area contributed by atoms with E-state index in [2.05, 4.69) is 10.5 Å². The highest BCUT2D eigenvalue weighted by Gasteiger charge is 2.07. The van der Waals surface area contributed by atoms with Gasteiger partial charge in [-0.25, -0.2) is 5.43 Å². The normalized spacial score (nSPS) is 10.9. The summed E-state index contributed by atoms with van der Waals surface area (Å²) >= 11 is 0. The van der Waals surface area contributed by atoms with Crippen LogP contribution < -0.4 is 10.2 Å². The summed E-state index contributed by atoms with van der Waals surface area (Å²) in [6.07, 6.45) is 1.61. The second-order valence-corrected chi connectivity index (χ2v) is 5.51. The van der Waals surface area contributed by atoms with Crippen molar-refractivity contribution in [1.29, 1.82) is 0 Å². The summed E-state index contributed by atoms with van der Waals surface area (Å²) in [4.78, 5) is 12.1. The van der Waals surface area contributed by atoms with Gasteiger partial charge in [0.2, 0.25) is 5.91 Å². The first-order valence-corrected chi connectivity index (χ1v) is 7.83. The van der Waals surface area contributed by atoms with E-state index < -0.39 is 0 Å². The Morgan fingerprint density at radius 1 is 1.12 bits per heavy atom. The van der Waals surface area contributed by atoms with Gasteiger partial charge in [0.05, 0.1) is 19.7 Å². The van der Waals surface area contributed by atoms with Gasteiger partial charge in [0.25, 0.3) is 0 Å². The number of para-hydroxylation sites is 1. The molecule has 0 aromatic heterocycles. The summed E-state index contributed by atoms with van der Waals surface area (Å²) in [5.41, 5.74) is 3.89. The fourth-order valence-electron chi connectivity index (χ4n) is 2.64. The van der Waals surface area contributed by atoms with Gasteiger partial charge in [-0.15, -0.1) is 0 Å². The van der Waals surface area contributed by atoms with Crippen LogP contribution >= 0.6 is 0 Å². The minimum Gasteiger partial charge on any atom is -0.504 e. The maximum atomic E-state index is 12.1. The Morgan fingerprint density at radius 3 is 2.72 bits per heavy atom. The number of methoxy groups -OCH3 is 1. The van der Waals surface area contributed by atoms with Crippen LogP contribution in [0.15, 0.2) is 65.8 Å². The Bertz CT molecular complexity index is 930. The monoisotopic (exact) mass is 334 g/mol. The lowest BCUT2D eigenvalue weighted by atomic mass is 10.0. The van der Waals surface area contributed by atoms with Crippen LogP contribution in [0.3, 0.4) is 0 Å². The summed E-state index contributed by atoms with van der Waals surface area (Å²) in [6, 6.07) is 18.9. The molecule has 25 heavy (non-hydrogen) atoms. The molecular formula is C20H18N2O3. The van der Waals surface area contributed by atoms with Crippen molar-refractivity contribution in [3.8, 4) is 11.5 Å². The van der Waals surface area contributed by atoms with Crippen molar-refractivity contribution < 1.29 is 14.6 Å². The highest BCUT2D eigenvalue weighted by molar-refractivity contribution is 5.91. The summed E-state index contributed by atoms with van der Waals surface area (Å²) in [7, 11) is 1.47. The van der Waals surface area contributed by atoms with E-state index in [0.717, 1.165) is 16.3 Å². The number of carbonyl (C=O) groups is 1. The number of aromatic hydroxyl groups is 1. The van der Waals surface area contributed by atoms with Crippen molar-refractivity contribution in [1.82, 2.24) is 5.43 Å². The summed E-state index contributed by atoms with van der Waals surface area (Å²) < 4.78 is 5.03. The van der Waals surface area contributed by atoms with Crippen molar-refractivity contribution in [3.05, 3.63) is 71.8 Å². The Balaban J connectivity index is 1.69. The zero-order valence-electron chi connectivity index (χ0n) is 13.8. The van der Waals surface area contributed by atoms with E-state index in [-0.39, 0.29) is 18.1 Å². The number of hydrogen-bond acceptors (Lipinski definition) is 4. The highest BCUT2D eigenvalue weighted by atomic mass is 16.5. The molecule has 1 amide bonds. The number of benzene rings is 3. The first-order valence-electron chi connectivity index (χ1n) is 7.83. The van der Waals surface area contributed by atoms with Gasteiger partial charge in [-0.1, -0.05) is 48.5 Å². The third-order valence-corrected chi connectivity index (χ3v) is 3.87. The lowest BCUT2D eigenvalue weighted by molar-refractivity contribution is -0.120. The topological polar surface area (TPSA) is 70.9 Å². The first kappa shape index (κ1) is 16.5. The van der Waals surface area contributed by atoms with Gasteiger partial charge in [-0.3, -0.25) is 4.79 Å². The maximum absolute atomic E-state index is 12.1. The third kappa shape index (κ3) is 3.77. The number of hydrazone groups is 1. The van der Waals surface area contributed by atoms with Crippen LogP contribution in [-0.4, -0.2) is 24.3 Å². The van der Waals surface area contributed by atoms with Crippen LogP contribution in [0.4, 0.5) is 0 Å². The molecule has 0 aliphatic carbocycles. The molecule has 0 atom stereocenters. The standard InChI is InChI=1S/C20H18N2O3/c1-25-18-11-5-9-16(20(18)24)13-21-22-19(23)12-15-8-4-7-14-6-2-3-10-17(14)15/h2-11,13,24H,12H2,1H3,(H,22,23)/b21-13-. The van der Waals surface area contributed by atoms with Crippen LogP contribution in [0.5, 0.6) is 11.5 Å². The van der Waals surface area contributed by atoms with Crippen molar-refractivity contribution in [2.24, 2.45) is 5.10 Å². The maximum Gasteiger partial charge on any atom is 0.244 e. The number of carbonyl (C=O) groups excluding carboxylic acids is 1. The minimum atomic E-state index is -0.227. The molecule has 0 spiro atoms. The van der Waals surface area contributed by atoms with Crippen LogP contribution in [0.1, 0.15) is 11.1 Å². The van der Waals surface area contributed by atoms with E-state index in [0.29, 0.717) is 11.3 Å². The van der Waals surface area contributed by atoms with E-state index in [4.69, 9.17) is 4.74 Å². The summed E-state index contributed by atoms with van der Waals surface area (Å²) in [5, 5.41) is 16.0. The predicted octanol–water partition coefficient (Wildman–Crippen LogP) is 3.25. The second kappa shape index (κ2) is 7.49. The molecule has 2 N–H and O–H groups in total. The van der Waals surface area contributed by atoms with Crippen molar-refractivity contribution in [2.45, 2.75) is 6.42 Å². The SMILES string of the molecule is COc1cccc(/C=N\NC(=O)Cc2cccc3ccccc23)c1O. The Kier molecular flexibility index (Phi) is 4.95. The third-order valence-electron chi connectivity index (χ3n) is 3.87. The molecule has 0 saturated heterocycles. The molecular weight excluding hydrogens is 316 g/mol. The molecule has 3 rings (SSSR count).